The molecule has 0 bridgehead atoms. The van der Waals surface area contributed by atoms with Crippen molar-refractivity contribution in [3.05, 3.63) is 41.3 Å². The summed E-state index contributed by atoms with van der Waals surface area (Å²) in [6.45, 7) is 4.48. The third kappa shape index (κ3) is 3.29. The highest BCUT2D eigenvalue weighted by Crippen LogP contribution is 2.17. The normalized spacial score (nSPS) is 16.9. The summed E-state index contributed by atoms with van der Waals surface area (Å²) in [5.41, 5.74) is 3.06. The van der Waals surface area contributed by atoms with Gasteiger partial charge in [-0.05, 0) is 44.4 Å². The van der Waals surface area contributed by atoms with Gasteiger partial charge in [0.25, 0.3) is 0 Å². The van der Waals surface area contributed by atoms with E-state index >= 15 is 0 Å². The first-order valence-electron chi connectivity index (χ1n) is 8.10. The molecule has 0 spiro atoms. The van der Waals surface area contributed by atoms with Crippen LogP contribution < -0.4 is 10.6 Å². The van der Waals surface area contributed by atoms with Crippen LogP contribution in [0.1, 0.15) is 29.8 Å². The average molecular weight is 327 g/mol. The second-order valence-corrected chi connectivity index (χ2v) is 5.95. The van der Waals surface area contributed by atoms with Crippen molar-refractivity contribution in [2.75, 3.05) is 6.54 Å². The molecule has 0 radical (unpaired) electrons. The van der Waals surface area contributed by atoms with E-state index in [1.54, 1.807) is 6.20 Å². The van der Waals surface area contributed by atoms with Gasteiger partial charge in [-0.15, -0.1) is 0 Å². The number of rotatable bonds is 5. The largest absolute Gasteiger partial charge is 0.354 e. The molecule has 0 saturated carbocycles. The van der Waals surface area contributed by atoms with Gasteiger partial charge >= 0.3 is 0 Å². The van der Waals surface area contributed by atoms with E-state index in [-0.39, 0.29) is 11.8 Å². The smallest absolute Gasteiger partial charge is 0.242 e. The van der Waals surface area contributed by atoms with Crippen LogP contribution in [0.15, 0.2) is 24.4 Å². The Kier molecular flexibility index (Phi) is 4.59. The Bertz CT molecular complexity index is 754. The predicted molar refractivity (Wildman–Crippen MR) is 88.7 cm³/mol. The van der Waals surface area contributed by atoms with E-state index in [2.05, 4.69) is 20.7 Å². The van der Waals surface area contributed by atoms with Crippen LogP contribution in [0.3, 0.4) is 0 Å². The van der Waals surface area contributed by atoms with Crippen molar-refractivity contribution in [2.45, 2.75) is 39.2 Å². The van der Waals surface area contributed by atoms with Crippen LogP contribution in [0.5, 0.6) is 0 Å². The van der Waals surface area contributed by atoms with Gasteiger partial charge in [0.1, 0.15) is 6.04 Å². The highest BCUT2D eigenvalue weighted by Gasteiger charge is 2.26. The quantitative estimate of drug-likeness (QED) is 0.851. The molecule has 24 heavy (non-hydrogen) atoms. The van der Waals surface area contributed by atoms with Gasteiger partial charge in [0, 0.05) is 24.9 Å². The zero-order chi connectivity index (χ0) is 17.1. The number of pyridine rings is 1. The van der Waals surface area contributed by atoms with E-state index in [1.165, 1.54) is 0 Å². The van der Waals surface area contributed by atoms with Crippen molar-refractivity contribution < 1.29 is 9.59 Å². The lowest BCUT2D eigenvalue weighted by Crippen LogP contribution is -2.42. The molecule has 3 heterocycles. The second kappa shape index (κ2) is 6.82. The van der Waals surface area contributed by atoms with Gasteiger partial charge in [0.15, 0.2) is 5.82 Å². The Labute approximate surface area is 140 Å². The van der Waals surface area contributed by atoms with Crippen LogP contribution in [0.4, 0.5) is 0 Å². The van der Waals surface area contributed by atoms with Crippen molar-refractivity contribution in [1.82, 2.24) is 25.4 Å². The van der Waals surface area contributed by atoms with Gasteiger partial charge in [-0.25, -0.2) is 9.67 Å². The fourth-order valence-corrected chi connectivity index (χ4v) is 2.98. The van der Waals surface area contributed by atoms with Crippen LogP contribution in [0.2, 0.25) is 0 Å². The molecule has 7 nitrogen and oxygen atoms in total. The van der Waals surface area contributed by atoms with Gasteiger partial charge in [0.2, 0.25) is 11.8 Å². The first-order valence-corrected chi connectivity index (χ1v) is 8.10. The molecule has 2 aromatic heterocycles. The number of nitrogens with zero attached hydrogens (tertiary/aromatic N) is 3. The second-order valence-electron chi connectivity index (χ2n) is 5.95. The number of hydrogen-bond donors (Lipinski definition) is 2. The SMILES string of the molecule is Cc1nn(-c2ccccn2)c(C)c1CCNC(=O)C1CCC(=O)N1. The van der Waals surface area contributed by atoms with Crippen LogP contribution in [0.25, 0.3) is 5.82 Å². The van der Waals surface area contributed by atoms with Crippen LogP contribution in [-0.4, -0.2) is 39.2 Å². The Morgan fingerprint density at radius 3 is 2.92 bits per heavy atom. The van der Waals surface area contributed by atoms with Crippen molar-refractivity contribution in [1.29, 1.82) is 0 Å². The number of aryl methyl sites for hydroxylation is 1. The van der Waals surface area contributed by atoms with E-state index in [0.717, 1.165) is 22.8 Å². The molecule has 1 saturated heterocycles. The molecule has 3 rings (SSSR count). The molecule has 2 aromatic rings. The number of carbonyl (C=O) groups is 2. The topological polar surface area (TPSA) is 88.9 Å². The van der Waals surface area contributed by atoms with Crippen molar-refractivity contribution in [3.8, 4) is 5.82 Å². The molecule has 2 N–H and O–H groups in total. The van der Waals surface area contributed by atoms with Crippen LogP contribution >= 0.6 is 0 Å². The minimum atomic E-state index is -0.393. The molecule has 1 fully saturated rings. The lowest BCUT2D eigenvalue weighted by Gasteiger charge is -2.11. The number of aromatic nitrogens is 3. The molecular formula is C17H21N5O2. The summed E-state index contributed by atoms with van der Waals surface area (Å²) in [6.07, 6.45) is 3.42. The molecule has 1 unspecified atom stereocenters. The van der Waals surface area contributed by atoms with Gasteiger partial charge in [-0.1, -0.05) is 6.07 Å². The zero-order valence-electron chi connectivity index (χ0n) is 13.9. The Morgan fingerprint density at radius 1 is 1.42 bits per heavy atom. The number of hydrogen-bond acceptors (Lipinski definition) is 4. The maximum atomic E-state index is 12.0. The maximum absolute atomic E-state index is 12.0. The first kappa shape index (κ1) is 16.2. The first-order chi connectivity index (χ1) is 11.6. The Hall–Kier alpha value is -2.70. The number of nitrogens with one attached hydrogen (secondary N) is 2. The number of amides is 2. The fraction of sp³-hybridized carbons (Fsp3) is 0.412. The Morgan fingerprint density at radius 2 is 2.25 bits per heavy atom. The summed E-state index contributed by atoms with van der Waals surface area (Å²) >= 11 is 0. The minimum Gasteiger partial charge on any atom is -0.354 e. The summed E-state index contributed by atoms with van der Waals surface area (Å²) in [7, 11) is 0. The fourth-order valence-electron chi connectivity index (χ4n) is 2.98. The summed E-state index contributed by atoms with van der Waals surface area (Å²) < 4.78 is 1.82. The molecule has 0 aromatic carbocycles. The summed E-state index contributed by atoms with van der Waals surface area (Å²) in [4.78, 5) is 27.5. The zero-order valence-corrected chi connectivity index (χ0v) is 13.9. The standard InChI is InChI=1S/C17H21N5O2/c1-11-13(8-10-19-17(24)14-6-7-16(23)20-14)12(2)22(21-11)15-5-3-4-9-18-15/h3-5,9,14H,6-8,10H2,1-2H3,(H,19,24)(H,20,23). The van der Waals surface area contributed by atoms with E-state index < -0.39 is 6.04 Å². The molecule has 1 aliphatic heterocycles. The highest BCUT2D eigenvalue weighted by molar-refractivity contribution is 5.90. The van der Waals surface area contributed by atoms with Gasteiger partial charge in [-0.2, -0.15) is 5.10 Å². The summed E-state index contributed by atoms with van der Waals surface area (Å²) in [6, 6.07) is 5.31. The molecule has 1 aliphatic rings. The van der Waals surface area contributed by atoms with Gasteiger partial charge in [0.05, 0.1) is 5.69 Å². The molecule has 1 atom stereocenters. The summed E-state index contributed by atoms with van der Waals surface area (Å²) in [5.74, 6) is 0.605. The van der Waals surface area contributed by atoms with Crippen molar-refractivity contribution in [3.63, 3.8) is 0 Å². The Balaban J connectivity index is 1.63. The molecule has 126 valence electrons. The van der Waals surface area contributed by atoms with E-state index in [1.807, 2.05) is 36.7 Å². The highest BCUT2D eigenvalue weighted by atomic mass is 16.2. The third-order valence-corrected chi connectivity index (χ3v) is 4.29. The lowest BCUT2D eigenvalue weighted by atomic mass is 10.1. The van der Waals surface area contributed by atoms with Crippen molar-refractivity contribution in [2.24, 2.45) is 0 Å². The molecule has 0 aliphatic carbocycles. The van der Waals surface area contributed by atoms with E-state index in [4.69, 9.17) is 0 Å². The average Bonchev–Trinajstić information content (AvgIpc) is 3.13. The van der Waals surface area contributed by atoms with E-state index in [0.29, 0.717) is 25.8 Å². The van der Waals surface area contributed by atoms with Crippen molar-refractivity contribution >= 4 is 11.8 Å². The molecule has 2 amide bonds. The van der Waals surface area contributed by atoms with Crippen LogP contribution in [0, 0.1) is 13.8 Å². The molecular weight excluding hydrogens is 306 g/mol. The minimum absolute atomic E-state index is 0.0570. The van der Waals surface area contributed by atoms with E-state index in [9.17, 15) is 9.59 Å². The number of carbonyl (C=O) groups excluding carboxylic acids is 2. The van der Waals surface area contributed by atoms with Gasteiger partial charge < -0.3 is 10.6 Å². The molecule has 7 heteroatoms. The monoisotopic (exact) mass is 327 g/mol. The summed E-state index contributed by atoms with van der Waals surface area (Å²) in [5, 5.41) is 10.1. The van der Waals surface area contributed by atoms with Crippen LogP contribution in [-0.2, 0) is 16.0 Å². The maximum Gasteiger partial charge on any atom is 0.242 e. The lowest BCUT2D eigenvalue weighted by molar-refractivity contribution is -0.125. The predicted octanol–water partition coefficient (Wildman–Crippen LogP) is 0.821. The third-order valence-electron chi connectivity index (χ3n) is 4.29. The van der Waals surface area contributed by atoms with Gasteiger partial charge in [-0.3, -0.25) is 9.59 Å².